The van der Waals surface area contributed by atoms with Crippen LogP contribution in [0.3, 0.4) is 0 Å². The third-order valence-corrected chi connectivity index (χ3v) is 4.43. The van der Waals surface area contributed by atoms with Crippen molar-refractivity contribution in [2.45, 2.75) is 44.8 Å². The van der Waals surface area contributed by atoms with Crippen LogP contribution in [-0.4, -0.2) is 34.8 Å². The molecule has 0 aromatic heterocycles. The highest BCUT2D eigenvalue weighted by Gasteiger charge is 2.35. The van der Waals surface area contributed by atoms with E-state index in [1.54, 1.807) is 6.20 Å². The summed E-state index contributed by atoms with van der Waals surface area (Å²) in [4.78, 5) is 21.5. The smallest absolute Gasteiger partial charge is 0.379 e. The van der Waals surface area contributed by atoms with Crippen molar-refractivity contribution in [3.05, 3.63) is 23.5 Å². The van der Waals surface area contributed by atoms with Crippen LogP contribution < -0.4 is 5.32 Å². The largest absolute Gasteiger partial charge is 0.469 e. The van der Waals surface area contributed by atoms with Crippen LogP contribution in [0.15, 0.2) is 28.5 Å². The number of rotatable bonds is 5. The van der Waals surface area contributed by atoms with Crippen molar-refractivity contribution in [3.8, 4) is 0 Å². The van der Waals surface area contributed by atoms with E-state index in [0.29, 0.717) is 6.42 Å². The van der Waals surface area contributed by atoms with Crippen LogP contribution in [0, 0.1) is 5.92 Å². The first-order valence-electron chi connectivity index (χ1n) is 7.34. The maximum Gasteiger partial charge on any atom is 0.469 e. The highest BCUT2D eigenvalue weighted by molar-refractivity contribution is 7.46. The second-order valence-electron chi connectivity index (χ2n) is 5.77. The molecule has 3 N–H and O–H groups in total. The zero-order valence-electron chi connectivity index (χ0n) is 12.5. The molecule has 3 atom stereocenters. The van der Waals surface area contributed by atoms with Crippen molar-refractivity contribution in [1.29, 1.82) is 0 Å². The first-order chi connectivity index (χ1) is 10.3. The molecule has 0 bridgehead atoms. The molecule has 0 aromatic rings. The molecule has 22 heavy (non-hydrogen) atoms. The summed E-state index contributed by atoms with van der Waals surface area (Å²) in [6, 6.07) is -0.372. The molecule has 0 spiro atoms. The van der Waals surface area contributed by atoms with Gasteiger partial charge in [-0.25, -0.2) is 8.96 Å². The standard InChI is InChI=1S/C14H22FN2O4P/c1-10-3-2-5-16-6-4-13(10)17-14-8-11(7-12(14)15)9-21-22(18,19)20/h4-6,11-12,14,17H,2-3,7-9H2,1H3,(H2,18,19,20)/b6-4-,13-10-,16-5-/t11-,12-,14-/m1/s1. The molecule has 6 nitrogen and oxygen atoms in total. The van der Waals surface area contributed by atoms with E-state index in [0.717, 1.165) is 24.1 Å². The van der Waals surface area contributed by atoms with Gasteiger partial charge in [0.15, 0.2) is 0 Å². The quantitative estimate of drug-likeness (QED) is 0.673. The fraction of sp³-hybridized carbons (Fsp3) is 0.643. The normalized spacial score (nSPS) is 35.7. The Balaban J connectivity index is 1.94. The van der Waals surface area contributed by atoms with Crippen molar-refractivity contribution >= 4 is 14.0 Å². The molecule has 2 rings (SSSR count). The van der Waals surface area contributed by atoms with Gasteiger partial charge in [0.05, 0.1) is 12.6 Å². The Morgan fingerprint density at radius 3 is 3.00 bits per heavy atom. The van der Waals surface area contributed by atoms with E-state index in [1.165, 1.54) is 0 Å². The van der Waals surface area contributed by atoms with Crippen molar-refractivity contribution < 1.29 is 23.3 Å². The molecule has 124 valence electrons. The Labute approximate surface area is 129 Å². The summed E-state index contributed by atoms with van der Waals surface area (Å²) in [6.07, 6.45) is 6.74. The van der Waals surface area contributed by atoms with Crippen LogP contribution in [-0.2, 0) is 9.09 Å². The molecule has 1 aliphatic carbocycles. The minimum absolute atomic E-state index is 0.124. The molecule has 0 unspecified atom stereocenters. The Hall–Kier alpha value is -1.01. The van der Waals surface area contributed by atoms with Gasteiger partial charge < -0.3 is 15.1 Å². The summed E-state index contributed by atoms with van der Waals surface area (Å²) in [5.41, 5.74) is 2.02. The third kappa shape index (κ3) is 5.32. The molecular formula is C14H22FN2O4P. The predicted octanol–water partition coefficient (Wildman–Crippen LogP) is 2.45. The number of hydrogen-bond acceptors (Lipinski definition) is 4. The van der Waals surface area contributed by atoms with E-state index in [2.05, 4.69) is 14.8 Å². The average Bonchev–Trinajstić information content (AvgIpc) is 2.76. The van der Waals surface area contributed by atoms with Crippen molar-refractivity contribution in [3.63, 3.8) is 0 Å². The summed E-state index contributed by atoms with van der Waals surface area (Å²) >= 11 is 0. The van der Waals surface area contributed by atoms with E-state index in [9.17, 15) is 8.96 Å². The van der Waals surface area contributed by atoms with Gasteiger partial charge in [-0.1, -0.05) is 0 Å². The number of allylic oxidation sites excluding steroid dienone is 2. The van der Waals surface area contributed by atoms with Crippen LogP contribution >= 0.6 is 7.82 Å². The zero-order valence-corrected chi connectivity index (χ0v) is 13.4. The van der Waals surface area contributed by atoms with Crippen LogP contribution in [0.4, 0.5) is 4.39 Å². The van der Waals surface area contributed by atoms with Gasteiger partial charge in [-0.2, -0.15) is 0 Å². The number of phosphoric acid groups is 1. The maximum atomic E-state index is 14.1. The lowest BCUT2D eigenvalue weighted by Crippen LogP contribution is -2.33. The lowest BCUT2D eigenvalue weighted by Gasteiger charge is -2.20. The molecule has 2 aliphatic rings. The number of halogens is 1. The van der Waals surface area contributed by atoms with E-state index in [-0.39, 0.29) is 25.0 Å². The second-order valence-corrected chi connectivity index (χ2v) is 7.01. The molecule has 0 amide bonds. The lowest BCUT2D eigenvalue weighted by atomic mass is 10.1. The molecule has 0 radical (unpaired) electrons. The lowest BCUT2D eigenvalue weighted by molar-refractivity contribution is 0.165. The summed E-state index contributed by atoms with van der Waals surface area (Å²) in [7, 11) is -4.49. The van der Waals surface area contributed by atoms with Crippen molar-refractivity contribution in [2.75, 3.05) is 6.61 Å². The SMILES string of the molecule is C\C1=C(N[C@@H]2C[C@H](COP(=O)(O)O)C[C@H]2F)/C=C\N=C/CC1. The first kappa shape index (κ1) is 17.3. The number of nitrogens with one attached hydrogen (secondary N) is 1. The topological polar surface area (TPSA) is 91.2 Å². The molecule has 8 heteroatoms. The summed E-state index contributed by atoms with van der Waals surface area (Å²) in [6.45, 7) is 1.88. The Morgan fingerprint density at radius 1 is 1.50 bits per heavy atom. The van der Waals surface area contributed by atoms with Crippen molar-refractivity contribution in [2.24, 2.45) is 10.9 Å². The number of phosphoric ester groups is 1. The predicted molar refractivity (Wildman–Crippen MR) is 82.1 cm³/mol. The molecular weight excluding hydrogens is 310 g/mol. The summed E-state index contributed by atoms with van der Waals surface area (Å²) in [5.74, 6) is -0.198. The van der Waals surface area contributed by atoms with Gasteiger partial charge in [-0.15, -0.1) is 0 Å². The Kier molecular flexibility index (Phi) is 5.92. The molecule has 1 heterocycles. The minimum Gasteiger partial charge on any atom is -0.379 e. The summed E-state index contributed by atoms with van der Waals surface area (Å²) < 4.78 is 29.3. The highest BCUT2D eigenvalue weighted by atomic mass is 31.2. The molecule has 0 aromatic carbocycles. The monoisotopic (exact) mass is 332 g/mol. The molecule has 1 fully saturated rings. The van der Waals surface area contributed by atoms with E-state index in [1.807, 2.05) is 19.2 Å². The van der Waals surface area contributed by atoms with Crippen LogP contribution in [0.5, 0.6) is 0 Å². The van der Waals surface area contributed by atoms with Gasteiger partial charge in [-0.3, -0.25) is 9.52 Å². The number of alkyl halides is 1. The van der Waals surface area contributed by atoms with Gasteiger partial charge in [0, 0.05) is 18.1 Å². The minimum atomic E-state index is -4.49. The van der Waals surface area contributed by atoms with Gasteiger partial charge in [-0.05, 0) is 50.2 Å². The van der Waals surface area contributed by atoms with Gasteiger partial charge >= 0.3 is 7.82 Å². The van der Waals surface area contributed by atoms with E-state index in [4.69, 9.17) is 9.79 Å². The maximum absolute atomic E-state index is 14.1. The Bertz CT molecular complexity index is 529. The van der Waals surface area contributed by atoms with Gasteiger partial charge in [0.25, 0.3) is 0 Å². The zero-order chi connectivity index (χ0) is 16.2. The fourth-order valence-corrected chi connectivity index (χ4v) is 3.16. The first-order valence-corrected chi connectivity index (χ1v) is 8.87. The number of aliphatic imine (C=N–C) groups is 1. The van der Waals surface area contributed by atoms with Gasteiger partial charge in [0.1, 0.15) is 6.17 Å². The summed E-state index contributed by atoms with van der Waals surface area (Å²) in [5, 5.41) is 3.21. The molecule has 1 aliphatic heterocycles. The van der Waals surface area contributed by atoms with Crippen LogP contribution in [0.2, 0.25) is 0 Å². The van der Waals surface area contributed by atoms with Crippen molar-refractivity contribution in [1.82, 2.24) is 5.32 Å². The van der Waals surface area contributed by atoms with Crippen LogP contribution in [0.25, 0.3) is 0 Å². The molecule has 0 saturated heterocycles. The van der Waals surface area contributed by atoms with E-state index < -0.39 is 14.0 Å². The number of nitrogens with zero attached hydrogens (tertiary/aromatic N) is 1. The van der Waals surface area contributed by atoms with Crippen LogP contribution in [0.1, 0.15) is 32.6 Å². The Morgan fingerprint density at radius 2 is 2.27 bits per heavy atom. The highest BCUT2D eigenvalue weighted by Crippen LogP contribution is 2.39. The average molecular weight is 332 g/mol. The number of hydrogen-bond donors (Lipinski definition) is 3. The third-order valence-electron chi connectivity index (χ3n) is 3.94. The molecule has 1 saturated carbocycles. The second kappa shape index (κ2) is 7.51. The van der Waals surface area contributed by atoms with Gasteiger partial charge in [0.2, 0.25) is 0 Å². The van der Waals surface area contributed by atoms with E-state index >= 15 is 0 Å². The fourth-order valence-electron chi connectivity index (χ4n) is 2.76.